The molecule has 1 aromatic heterocycles. The molecule has 3 heterocycles. The number of carbonyl (C=O) groups excluding carboxylic acids is 1. The van der Waals surface area contributed by atoms with Crippen LogP contribution in [-0.4, -0.2) is 30.9 Å². The van der Waals surface area contributed by atoms with Gasteiger partial charge in [0.25, 0.3) is 5.91 Å². The molecule has 0 spiro atoms. The number of amides is 1. The molecule has 0 radical (unpaired) electrons. The minimum Gasteiger partial charge on any atom is -0.486 e. The molecule has 0 saturated carbocycles. The van der Waals surface area contributed by atoms with Crippen molar-refractivity contribution in [3.05, 3.63) is 60.4 Å². The van der Waals surface area contributed by atoms with Crippen LogP contribution < -0.4 is 29.6 Å². The van der Waals surface area contributed by atoms with Crippen LogP contribution in [0.25, 0.3) is 0 Å². The fraction of sp³-hybridized carbons (Fsp3) is 0.143. The van der Waals surface area contributed by atoms with Crippen LogP contribution in [0.15, 0.2) is 54.9 Å². The Morgan fingerprint density at radius 1 is 0.759 bits per heavy atom. The number of ether oxygens (including phenoxy) is 4. The lowest BCUT2D eigenvalue weighted by atomic mass is 10.2. The monoisotopic (exact) mass is 391 g/mol. The molecule has 0 atom stereocenters. The molecule has 2 aliphatic heterocycles. The lowest BCUT2D eigenvalue weighted by Crippen LogP contribution is -2.15. The molecule has 2 N–H and O–H groups in total. The number of aromatic nitrogens is 1. The molecule has 0 aliphatic carbocycles. The van der Waals surface area contributed by atoms with Crippen LogP contribution in [0, 0.1) is 0 Å². The standard InChI is InChI=1S/C21H17N3O5/c25-21(24-15-2-4-18-20(9-15)29-12-28-18)13-7-16(11-22-10-13)23-14-1-3-17-19(8-14)27-6-5-26-17/h1-4,7-11,23H,5-6,12H2,(H,24,25). The highest BCUT2D eigenvalue weighted by Gasteiger charge is 2.15. The second-order valence-electron chi connectivity index (χ2n) is 6.47. The van der Waals surface area contributed by atoms with E-state index in [1.54, 1.807) is 30.5 Å². The Balaban J connectivity index is 1.31. The first-order valence-corrected chi connectivity index (χ1v) is 9.07. The Kier molecular flexibility index (Phi) is 4.28. The van der Waals surface area contributed by atoms with Crippen molar-refractivity contribution >= 4 is 23.0 Å². The molecule has 0 fully saturated rings. The molecule has 8 heteroatoms. The Morgan fingerprint density at radius 2 is 1.45 bits per heavy atom. The van der Waals surface area contributed by atoms with E-state index < -0.39 is 0 Å². The zero-order valence-corrected chi connectivity index (χ0v) is 15.3. The van der Waals surface area contributed by atoms with Crippen LogP contribution >= 0.6 is 0 Å². The van der Waals surface area contributed by atoms with Crippen LogP contribution in [0.4, 0.5) is 17.1 Å². The van der Waals surface area contributed by atoms with E-state index in [0.29, 0.717) is 47.4 Å². The highest BCUT2D eigenvalue weighted by molar-refractivity contribution is 6.04. The largest absolute Gasteiger partial charge is 0.486 e. The number of nitrogens with one attached hydrogen (secondary N) is 2. The number of fused-ring (bicyclic) bond motifs is 2. The second-order valence-corrected chi connectivity index (χ2v) is 6.47. The molecule has 146 valence electrons. The number of hydrogen-bond acceptors (Lipinski definition) is 7. The van der Waals surface area contributed by atoms with Gasteiger partial charge in [-0.3, -0.25) is 9.78 Å². The van der Waals surface area contributed by atoms with Crippen LogP contribution in [0.2, 0.25) is 0 Å². The van der Waals surface area contributed by atoms with Crippen LogP contribution in [0.1, 0.15) is 10.4 Å². The molecular formula is C21H17N3O5. The highest BCUT2D eigenvalue weighted by atomic mass is 16.7. The number of rotatable bonds is 4. The van der Waals surface area contributed by atoms with Gasteiger partial charge < -0.3 is 29.6 Å². The molecule has 2 aromatic carbocycles. The maximum atomic E-state index is 12.6. The van der Waals surface area contributed by atoms with Crippen LogP contribution in [0.3, 0.4) is 0 Å². The normalized spacial score (nSPS) is 13.7. The number of nitrogens with zero attached hydrogens (tertiary/aromatic N) is 1. The van der Waals surface area contributed by atoms with Crippen molar-refractivity contribution in [1.82, 2.24) is 4.98 Å². The second kappa shape index (κ2) is 7.23. The molecule has 1 amide bonds. The molecule has 2 aliphatic rings. The number of anilines is 3. The van der Waals surface area contributed by atoms with Crippen molar-refractivity contribution in [2.24, 2.45) is 0 Å². The predicted octanol–water partition coefficient (Wildman–Crippen LogP) is 3.58. The summed E-state index contributed by atoms with van der Waals surface area (Å²) in [7, 11) is 0. The van der Waals surface area contributed by atoms with Crippen molar-refractivity contribution in [3.8, 4) is 23.0 Å². The molecule has 0 saturated heterocycles. The van der Waals surface area contributed by atoms with E-state index in [2.05, 4.69) is 15.6 Å². The van der Waals surface area contributed by atoms with Crippen LogP contribution in [-0.2, 0) is 0 Å². The van der Waals surface area contributed by atoms with Gasteiger partial charge in [-0.2, -0.15) is 0 Å². The van der Waals surface area contributed by atoms with E-state index >= 15 is 0 Å². The summed E-state index contributed by atoms with van der Waals surface area (Å²) in [5.74, 6) is 2.40. The minimum absolute atomic E-state index is 0.185. The number of carbonyl (C=O) groups is 1. The van der Waals surface area contributed by atoms with Gasteiger partial charge in [0.15, 0.2) is 23.0 Å². The average Bonchev–Trinajstić information content (AvgIpc) is 3.22. The topological polar surface area (TPSA) is 90.9 Å². The average molecular weight is 391 g/mol. The Labute approximate surface area is 166 Å². The maximum Gasteiger partial charge on any atom is 0.257 e. The van der Waals surface area contributed by atoms with E-state index in [1.165, 1.54) is 6.20 Å². The van der Waals surface area contributed by atoms with Crippen molar-refractivity contribution in [2.45, 2.75) is 0 Å². The lowest BCUT2D eigenvalue weighted by molar-refractivity contribution is 0.102. The van der Waals surface area contributed by atoms with E-state index in [4.69, 9.17) is 18.9 Å². The number of hydrogen-bond donors (Lipinski definition) is 2. The van der Waals surface area contributed by atoms with Gasteiger partial charge in [-0.15, -0.1) is 0 Å². The SMILES string of the molecule is O=C(Nc1ccc2c(c1)OCO2)c1cncc(Nc2ccc3c(c2)OCCO3)c1. The third-order valence-electron chi connectivity index (χ3n) is 4.46. The fourth-order valence-corrected chi connectivity index (χ4v) is 3.10. The zero-order valence-electron chi connectivity index (χ0n) is 15.3. The quantitative estimate of drug-likeness (QED) is 0.702. The summed E-state index contributed by atoms with van der Waals surface area (Å²) in [5, 5.41) is 6.07. The van der Waals surface area contributed by atoms with E-state index in [1.807, 2.05) is 18.2 Å². The summed E-state index contributed by atoms with van der Waals surface area (Å²) in [4.78, 5) is 16.8. The summed E-state index contributed by atoms with van der Waals surface area (Å²) >= 11 is 0. The Hall–Kier alpha value is -3.94. The van der Waals surface area contributed by atoms with Gasteiger partial charge in [-0.25, -0.2) is 0 Å². The van der Waals surface area contributed by atoms with E-state index in [-0.39, 0.29) is 12.7 Å². The Bertz CT molecular complexity index is 1090. The zero-order chi connectivity index (χ0) is 19.6. The van der Waals surface area contributed by atoms with Crippen LogP contribution in [0.5, 0.6) is 23.0 Å². The molecule has 0 bridgehead atoms. The van der Waals surface area contributed by atoms with Crippen molar-refractivity contribution in [3.63, 3.8) is 0 Å². The Morgan fingerprint density at radius 3 is 2.34 bits per heavy atom. The van der Waals surface area contributed by atoms with Gasteiger partial charge >= 0.3 is 0 Å². The first-order chi connectivity index (χ1) is 14.2. The maximum absolute atomic E-state index is 12.6. The van der Waals surface area contributed by atoms with Gasteiger partial charge in [0.05, 0.1) is 17.4 Å². The lowest BCUT2D eigenvalue weighted by Gasteiger charge is -2.19. The van der Waals surface area contributed by atoms with Gasteiger partial charge in [0.1, 0.15) is 13.2 Å². The van der Waals surface area contributed by atoms with E-state index in [0.717, 1.165) is 11.4 Å². The summed E-state index contributed by atoms with van der Waals surface area (Å²) in [6.45, 7) is 1.25. The smallest absolute Gasteiger partial charge is 0.257 e. The fourth-order valence-electron chi connectivity index (χ4n) is 3.10. The van der Waals surface area contributed by atoms with Gasteiger partial charge in [-0.05, 0) is 30.3 Å². The predicted molar refractivity (Wildman–Crippen MR) is 105 cm³/mol. The number of benzene rings is 2. The number of pyridine rings is 1. The summed E-state index contributed by atoms with van der Waals surface area (Å²) < 4.78 is 21.7. The van der Waals surface area contributed by atoms with Crippen molar-refractivity contribution in [1.29, 1.82) is 0 Å². The van der Waals surface area contributed by atoms with Gasteiger partial charge in [-0.1, -0.05) is 0 Å². The molecule has 5 rings (SSSR count). The third kappa shape index (κ3) is 3.60. The summed E-state index contributed by atoms with van der Waals surface area (Å²) in [6.07, 6.45) is 3.16. The van der Waals surface area contributed by atoms with E-state index in [9.17, 15) is 4.79 Å². The molecular weight excluding hydrogens is 374 g/mol. The molecule has 3 aromatic rings. The molecule has 29 heavy (non-hydrogen) atoms. The molecule has 8 nitrogen and oxygen atoms in total. The van der Waals surface area contributed by atoms with Gasteiger partial charge in [0.2, 0.25) is 6.79 Å². The summed E-state index contributed by atoms with van der Waals surface area (Å²) in [6, 6.07) is 12.6. The third-order valence-corrected chi connectivity index (χ3v) is 4.46. The molecule has 0 unspecified atom stereocenters. The summed E-state index contributed by atoms with van der Waals surface area (Å²) in [5.41, 5.74) is 2.53. The van der Waals surface area contributed by atoms with Crippen molar-refractivity contribution < 1.29 is 23.7 Å². The van der Waals surface area contributed by atoms with Gasteiger partial charge in [0, 0.05) is 29.7 Å². The minimum atomic E-state index is -0.276. The highest BCUT2D eigenvalue weighted by Crippen LogP contribution is 2.35. The van der Waals surface area contributed by atoms with Crippen molar-refractivity contribution in [2.75, 3.05) is 30.6 Å². The first-order valence-electron chi connectivity index (χ1n) is 9.07. The first kappa shape index (κ1) is 17.2.